The highest BCUT2D eigenvalue weighted by atomic mass is 16.4. The van der Waals surface area contributed by atoms with Gasteiger partial charge in [0.05, 0.1) is 11.3 Å². The molecule has 0 bridgehead atoms. The Bertz CT molecular complexity index is 1270. The van der Waals surface area contributed by atoms with Gasteiger partial charge >= 0.3 is 5.97 Å². The predicted molar refractivity (Wildman–Crippen MR) is 116 cm³/mol. The molecule has 0 spiro atoms. The molecule has 1 saturated carbocycles. The smallest absolute Gasteiger partial charge is 0.335 e. The lowest BCUT2D eigenvalue weighted by molar-refractivity contribution is 0.0697. The zero-order valence-corrected chi connectivity index (χ0v) is 16.4. The summed E-state index contributed by atoms with van der Waals surface area (Å²) >= 11 is 0. The minimum absolute atomic E-state index is 0.371. The van der Waals surface area contributed by atoms with Gasteiger partial charge in [0.1, 0.15) is 0 Å². The molecule has 0 atom stereocenters. The number of hydrogen-bond acceptors (Lipinski definition) is 1. The number of fused-ring (bicyclic) bond motifs is 4. The quantitative estimate of drug-likeness (QED) is 0.439. The number of carboxylic acids is 1. The van der Waals surface area contributed by atoms with Gasteiger partial charge in [-0.15, -0.1) is 0 Å². The van der Waals surface area contributed by atoms with E-state index in [0.29, 0.717) is 11.5 Å². The van der Waals surface area contributed by atoms with E-state index in [9.17, 15) is 9.90 Å². The van der Waals surface area contributed by atoms with Crippen molar-refractivity contribution in [3.63, 3.8) is 0 Å². The van der Waals surface area contributed by atoms with Crippen LogP contribution in [-0.4, -0.2) is 20.6 Å². The predicted octanol–water partition coefficient (Wildman–Crippen LogP) is 6.09. The van der Waals surface area contributed by atoms with Gasteiger partial charge in [-0.25, -0.2) is 4.79 Å². The molecule has 0 radical (unpaired) electrons. The van der Waals surface area contributed by atoms with Gasteiger partial charge in [-0.2, -0.15) is 0 Å². The molecule has 0 unspecified atom stereocenters. The third-order valence-corrected chi connectivity index (χ3v) is 7.01. The highest BCUT2D eigenvalue weighted by Crippen LogP contribution is 2.47. The Balaban J connectivity index is 1.72. The number of carboxylic acid groups (broad SMARTS) is 1. The van der Waals surface area contributed by atoms with Crippen LogP contribution in [0.5, 0.6) is 0 Å². The summed E-state index contributed by atoms with van der Waals surface area (Å²) in [6.07, 6.45) is 9.44. The molecule has 0 saturated heterocycles. The summed E-state index contributed by atoms with van der Waals surface area (Å²) in [5.74, 6) is -0.308. The fourth-order valence-corrected chi connectivity index (χ4v) is 5.72. The summed E-state index contributed by atoms with van der Waals surface area (Å²) in [5, 5.41) is 12.2. The van der Waals surface area contributed by atoms with Crippen LogP contribution in [0.4, 0.5) is 0 Å². The lowest BCUT2D eigenvalue weighted by atomic mass is 9.81. The number of benzene rings is 2. The molecule has 1 aliphatic carbocycles. The number of H-pyrrole nitrogens is 1. The van der Waals surface area contributed by atoms with Crippen LogP contribution in [0.3, 0.4) is 0 Å². The summed E-state index contributed by atoms with van der Waals surface area (Å²) in [7, 11) is 0. The van der Waals surface area contributed by atoms with E-state index < -0.39 is 5.97 Å². The summed E-state index contributed by atoms with van der Waals surface area (Å²) < 4.78 is 2.40. The molecular formula is C25H24N2O2. The maximum atomic E-state index is 11.7. The maximum absolute atomic E-state index is 11.7. The van der Waals surface area contributed by atoms with E-state index in [0.717, 1.165) is 18.5 Å². The number of hydrogen-bond donors (Lipinski definition) is 2. The molecule has 2 aliphatic rings. The van der Waals surface area contributed by atoms with Gasteiger partial charge in [0.25, 0.3) is 0 Å². The Kier molecular flexibility index (Phi) is 3.64. The van der Waals surface area contributed by atoms with Crippen LogP contribution >= 0.6 is 0 Å². The van der Waals surface area contributed by atoms with Crippen molar-refractivity contribution in [1.29, 1.82) is 0 Å². The van der Waals surface area contributed by atoms with Gasteiger partial charge in [-0.1, -0.05) is 37.5 Å². The van der Waals surface area contributed by atoms with Crippen molar-refractivity contribution in [2.24, 2.45) is 0 Å². The van der Waals surface area contributed by atoms with Gasteiger partial charge < -0.3 is 14.7 Å². The van der Waals surface area contributed by atoms with Crippen LogP contribution in [0.1, 0.15) is 59.5 Å². The molecular weight excluding hydrogens is 360 g/mol. The fourth-order valence-electron chi connectivity index (χ4n) is 5.72. The molecule has 1 aliphatic heterocycles. The Morgan fingerprint density at radius 1 is 1.10 bits per heavy atom. The Labute approximate surface area is 169 Å². The molecule has 0 amide bonds. The van der Waals surface area contributed by atoms with Gasteiger partial charge in [-0.3, -0.25) is 0 Å². The third-order valence-electron chi connectivity index (χ3n) is 7.01. The largest absolute Gasteiger partial charge is 0.478 e. The topological polar surface area (TPSA) is 58.0 Å². The molecule has 146 valence electrons. The van der Waals surface area contributed by atoms with Crippen molar-refractivity contribution in [1.82, 2.24) is 9.55 Å². The lowest BCUT2D eigenvalue weighted by Crippen LogP contribution is -2.07. The average molecular weight is 384 g/mol. The minimum atomic E-state index is -0.858. The van der Waals surface area contributed by atoms with E-state index in [2.05, 4.69) is 40.0 Å². The van der Waals surface area contributed by atoms with Crippen LogP contribution in [0, 0.1) is 0 Å². The zero-order valence-electron chi connectivity index (χ0n) is 16.4. The zero-order chi connectivity index (χ0) is 19.5. The number of nitrogens with one attached hydrogen (secondary N) is 1. The van der Waals surface area contributed by atoms with Crippen molar-refractivity contribution in [2.45, 2.75) is 51.0 Å². The second kappa shape index (κ2) is 6.24. The first kappa shape index (κ1) is 16.9. The van der Waals surface area contributed by atoms with Gasteiger partial charge in [0.15, 0.2) is 0 Å². The normalized spacial score (nSPS) is 16.8. The number of aromatic amines is 1. The number of aromatic nitrogens is 2. The number of rotatable bonds is 2. The van der Waals surface area contributed by atoms with Crippen LogP contribution in [0.15, 0.2) is 42.6 Å². The Morgan fingerprint density at radius 3 is 2.79 bits per heavy atom. The second-order valence-corrected chi connectivity index (χ2v) is 8.58. The highest BCUT2D eigenvalue weighted by Gasteiger charge is 2.29. The Hall–Kier alpha value is -3.01. The van der Waals surface area contributed by atoms with Gasteiger partial charge in [-0.05, 0) is 54.5 Å². The molecule has 4 heteroatoms. The van der Waals surface area contributed by atoms with E-state index >= 15 is 0 Å². The van der Waals surface area contributed by atoms with Crippen LogP contribution in [0.25, 0.3) is 33.1 Å². The monoisotopic (exact) mass is 384 g/mol. The summed E-state index contributed by atoms with van der Waals surface area (Å²) in [5.41, 5.74) is 8.05. The minimum Gasteiger partial charge on any atom is -0.478 e. The molecule has 2 aromatic carbocycles. The highest BCUT2D eigenvalue weighted by molar-refractivity contribution is 6.04. The third kappa shape index (κ3) is 2.41. The molecule has 4 nitrogen and oxygen atoms in total. The van der Waals surface area contributed by atoms with Gasteiger partial charge in [0, 0.05) is 40.1 Å². The summed E-state index contributed by atoms with van der Waals surface area (Å²) in [4.78, 5) is 15.1. The first-order chi connectivity index (χ1) is 14.2. The van der Waals surface area contributed by atoms with E-state index in [1.807, 2.05) is 6.07 Å². The van der Waals surface area contributed by atoms with Crippen molar-refractivity contribution >= 4 is 27.8 Å². The number of aromatic carboxylic acids is 1. The molecule has 29 heavy (non-hydrogen) atoms. The number of aryl methyl sites for hydroxylation is 2. The average Bonchev–Trinajstić information content (AvgIpc) is 3.26. The van der Waals surface area contributed by atoms with E-state index in [-0.39, 0.29) is 0 Å². The summed E-state index contributed by atoms with van der Waals surface area (Å²) in [6, 6.07) is 12.3. The second-order valence-electron chi connectivity index (χ2n) is 8.58. The standard InChI is InChI=1S/C25H24N2O2/c28-25(29)16-9-10-18-21(13-16)27-12-11-17-14-26-20-8-4-7-19(22(17)20)24(27)23(18)15-5-2-1-3-6-15/h4,7-10,13-15,26H,1-3,5-6,11-12H2,(H,28,29). The number of nitrogens with zero attached hydrogens (tertiary/aromatic N) is 1. The van der Waals surface area contributed by atoms with E-state index in [1.54, 1.807) is 6.07 Å². The SMILES string of the molecule is O=C(O)c1ccc2c(C3CCCCC3)c3n(c2c1)CCc1c[nH]c2cccc-3c12. The van der Waals surface area contributed by atoms with Crippen molar-refractivity contribution in [3.8, 4) is 11.3 Å². The van der Waals surface area contributed by atoms with Crippen molar-refractivity contribution in [3.05, 3.63) is 59.3 Å². The molecule has 2 aromatic heterocycles. The summed E-state index contributed by atoms with van der Waals surface area (Å²) in [6.45, 7) is 0.878. The lowest BCUT2D eigenvalue weighted by Gasteiger charge is -2.23. The molecule has 1 fully saturated rings. The van der Waals surface area contributed by atoms with Crippen LogP contribution < -0.4 is 0 Å². The van der Waals surface area contributed by atoms with Crippen LogP contribution in [-0.2, 0) is 13.0 Å². The number of carbonyl (C=O) groups is 1. The molecule has 4 aromatic rings. The van der Waals surface area contributed by atoms with Crippen molar-refractivity contribution in [2.75, 3.05) is 0 Å². The van der Waals surface area contributed by atoms with Crippen LogP contribution in [0.2, 0.25) is 0 Å². The first-order valence-electron chi connectivity index (χ1n) is 10.7. The maximum Gasteiger partial charge on any atom is 0.335 e. The molecule has 3 heterocycles. The van der Waals surface area contributed by atoms with Crippen molar-refractivity contribution < 1.29 is 9.90 Å². The van der Waals surface area contributed by atoms with E-state index in [4.69, 9.17) is 0 Å². The molecule has 2 N–H and O–H groups in total. The first-order valence-corrected chi connectivity index (χ1v) is 10.7. The Morgan fingerprint density at radius 2 is 1.97 bits per heavy atom. The van der Waals surface area contributed by atoms with Gasteiger partial charge in [0.2, 0.25) is 0 Å². The molecule has 6 rings (SSSR count). The van der Waals surface area contributed by atoms with E-state index in [1.165, 1.54) is 70.8 Å². The fraction of sp³-hybridized carbons (Fsp3) is 0.320.